The molecule has 0 aliphatic heterocycles. The Labute approximate surface area is 130 Å². The van der Waals surface area contributed by atoms with Crippen LogP contribution in [0.5, 0.6) is 0 Å². The van der Waals surface area contributed by atoms with Crippen molar-refractivity contribution in [3.63, 3.8) is 0 Å². The van der Waals surface area contributed by atoms with Crippen molar-refractivity contribution in [1.82, 2.24) is 4.72 Å². The molecule has 1 rings (SSSR count). The predicted octanol–water partition coefficient (Wildman–Crippen LogP) is 2.59. The smallest absolute Gasteiger partial charge is 0.389 e. The fourth-order valence-corrected chi connectivity index (χ4v) is 3.48. The van der Waals surface area contributed by atoms with Crippen LogP contribution in [-0.2, 0) is 10.0 Å². The molecule has 118 valence electrons. The van der Waals surface area contributed by atoms with E-state index >= 15 is 0 Å². The van der Waals surface area contributed by atoms with Gasteiger partial charge in [-0.2, -0.15) is 13.2 Å². The maximum Gasteiger partial charge on any atom is 0.390 e. The highest BCUT2D eigenvalue weighted by Gasteiger charge is 2.32. The van der Waals surface area contributed by atoms with Crippen LogP contribution in [0.1, 0.15) is 18.9 Å². The molecule has 1 unspecified atom stereocenters. The van der Waals surface area contributed by atoms with Gasteiger partial charge in [-0.05, 0) is 19.1 Å². The predicted molar refractivity (Wildman–Crippen MR) is 77.8 cm³/mol. The molecule has 0 radical (unpaired) electrons. The summed E-state index contributed by atoms with van der Waals surface area (Å²) < 4.78 is 62.8. The first-order chi connectivity index (χ1) is 9.42. The SMILES string of the molecule is CC(CC(F)(F)F)NS(=O)(=O)c1cc(C(N)=S)ccc1Cl. The molecule has 0 amide bonds. The van der Waals surface area contributed by atoms with Crippen LogP contribution >= 0.6 is 23.8 Å². The minimum atomic E-state index is -4.48. The van der Waals surface area contributed by atoms with E-state index in [-0.39, 0.29) is 20.5 Å². The van der Waals surface area contributed by atoms with Crippen molar-refractivity contribution in [3.05, 3.63) is 28.8 Å². The molecule has 0 heterocycles. The molecule has 3 N–H and O–H groups in total. The Balaban J connectivity index is 3.08. The van der Waals surface area contributed by atoms with Crippen molar-refractivity contribution in [1.29, 1.82) is 0 Å². The lowest BCUT2D eigenvalue weighted by Crippen LogP contribution is -2.36. The third-order valence-corrected chi connectivity index (χ3v) is 4.71. The maximum atomic E-state index is 12.2. The van der Waals surface area contributed by atoms with E-state index in [4.69, 9.17) is 29.6 Å². The zero-order valence-corrected chi connectivity index (χ0v) is 13.1. The Morgan fingerprint density at radius 1 is 1.48 bits per heavy atom. The monoisotopic (exact) mass is 360 g/mol. The molecule has 1 atom stereocenters. The van der Waals surface area contributed by atoms with Crippen molar-refractivity contribution >= 4 is 38.8 Å². The van der Waals surface area contributed by atoms with Gasteiger partial charge >= 0.3 is 6.18 Å². The number of benzene rings is 1. The lowest BCUT2D eigenvalue weighted by Gasteiger charge is -2.17. The van der Waals surface area contributed by atoms with E-state index in [1.54, 1.807) is 0 Å². The molecule has 1 aromatic carbocycles. The number of rotatable bonds is 5. The second-order valence-corrected chi connectivity index (χ2v) is 6.88. The van der Waals surface area contributed by atoms with E-state index in [0.29, 0.717) is 0 Å². The molecule has 0 aromatic heterocycles. The van der Waals surface area contributed by atoms with Crippen LogP contribution in [0.25, 0.3) is 0 Å². The molecule has 0 aliphatic carbocycles. The molecule has 0 fully saturated rings. The molecule has 10 heteroatoms. The summed E-state index contributed by atoms with van der Waals surface area (Å²) in [5.41, 5.74) is 5.63. The lowest BCUT2D eigenvalue weighted by atomic mass is 10.2. The lowest BCUT2D eigenvalue weighted by molar-refractivity contribution is -0.137. The second kappa shape index (κ2) is 6.47. The molecule has 21 heavy (non-hydrogen) atoms. The van der Waals surface area contributed by atoms with Gasteiger partial charge in [-0.1, -0.05) is 29.9 Å². The highest BCUT2D eigenvalue weighted by molar-refractivity contribution is 7.89. The molecular weight excluding hydrogens is 349 g/mol. The van der Waals surface area contributed by atoms with Gasteiger partial charge in [0.2, 0.25) is 10.0 Å². The van der Waals surface area contributed by atoms with E-state index in [2.05, 4.69) is 0 Å². The highest BCUT2D eigenvalue weighted by atomic mass is 35.5. The normalized spacial score (nSPS) is 14.0. The number of hydrogen-bond donors (Lipinski definition) is 2. The second-order valence-electron chi connectivity index (χ2n) is 4.35. The number of sulfonamides is 1. The highest BCUT2D eigenvalue weighted by Crippen LogP contribution is 2.25. The largest absolute Gasteiger partial charge is 0.390 e. The van der Waals surface area contributed by atoms with Crippen molar-refractivity contribution in [2.75, 3.05) is 0 Å². The van der Waals surface area contributed by atoms with Gasteiger partial charge in [0, 0.05) is 11.6 Å². The molecule has 1 aromatic rings. The first-order valence-corrected chi connectivity index (χ1v) is 7.88. The zero-order valence-electron chi connectivity index (χ0n) is 10.7. The first-order valence-electron chi connectivity index (χ1n) is 5.61. The van der Waals surface area contributed by atoms with Gasteiger partial charge in [0.1, 0.15) is 9.88 Å². The van der Waals surface area contributed by atoms with Crippen LogP contribution in [0.15, 0.2) is 23.1 Å². The number of nitrogens with two attached hydrogens (primary N) is 1. The Hall–Kier alpha value is -0.900. The molecular formula is C11H12ClF3N2O2S2. The Bertz CT molecular complexity index is 647. The summed E-state index contributed by atoms with van der Waals surface area (Å²) in [7, 11) is -4.22. The summed E-state index contributed by atoms with van der Waals surface area (Å²) in [5, 5.41) is -0.137. The number of thiocarbonyl (C=S) groups is 1. The van der Waals surface area contributed by atoms with Crippen molar-refractivity contribution < 1.29 is 21.6 Å². The van der Waals surface area contributed by atoms with Gasteiger partial charge in [0.05, 0.1) is 11.4 Å². The average Bonchev–Trinajstić information content (AvgIpc) is 2.24. The molecule has 0 aliphatic rings. The summed E-state index contributed by atoms with van der Waals surface area (Å²) in [6.45, 7) is 1.11. The van der Waals surface area contributed by atoms with Crippen LogP contribution in [0, 0.1) is 0 Å². The third kappa shape index (κ3) is 5.42. The van der Waals surface area contributed by atoms with Crippen molar-refractivity contribution in [3.8, 4) is 0 Å². The van der Waals surface area contributed by atoms with Crippen LogP contribution in [0.4, 0.5) is 13.2 Å². The van der Waals surface area contributed by atoms with Crippen LogP contribution in [-0.4, -0.2) is 25.6 Å². The molecule has 0 saturated heterocycles. The topological polar surface area (TPSA) is 72.2 Å². The van der Waals surface area contributed by atoms with Gasteiger partial charge < -0.3 is 5.73 Å². The minimum Gasteiger partial charge on any atom is -0.389 e. The quantitative estimate of drug-likeness (QED) is 0.792. The summed E-state index contributed by atoms with van der Waals surface area (Å²) in [6.07, 6.45) is -5.77. The van der Waals surface area contributed by atoms with Gasteiger partial charge in [-0.15, -0.1) is 0 Å². The van der Waals surface area contributed by atoms with Gasteiger partial charge in [-0.25, -0.2) is 13.1 Å². The molecule has 0 bridgehead atoms. The first kappa shape index (κ1) is 18.1. The fraction of sp³-hybridized carbons (Fsp3) is 0.364. The van der Waals surface area contributed by atoms with Crippen molar-refractivity contribution in [2.24, 2.45) is 5.73 Å². The third-order valence-electron chi connectivity index (χ3n) is 2.40. The maximum absolute atomic E-state index is 12.2. The van der Waals surface area contributed by atoms with Crippen LogP contribution < -0.4 is 10.5 Å². The summed E-state index contributed by atoms with van der Waals surface area (Å²) in [4.78, 5) is -0.421. The molecule has 4 nitrogen and oxygen atoms in total. The van der Waals surface area contributed by atoms with E-state index in [1.165, 1.54) is 12.1 Å². The van der Waals surface area contributed by atoms with E-state index in [0.717, 1.165) is 13.0 Å². The number of hydrogen-bond acceptors (Lipinski definition) is 3. The molecule has 0 spiro atoms. The summed E-state index contributed by atoms with van der Waals surface area (Å²) >= 11 is 10.5. The summed E-state index contributed by atoms with van der Waals surface area (Å²) in [5.74, 6) is 0. The standard InChI is InChI=1S/C11H12ClF3N2O2S2/c1-6(5-11(13,14)15)17-21(18,19)9-4-7(10(16)20)2-3-8(9)12/h2-4,6,17H,5H2,1H3,(H2,16,20). The Kier molecular flexibility index (Phi) is 5.59. The molecule has 0 saturated carbocycles. The van der Waals surface area contributed by atoms with Crippen LogP contribution in [0.3, 0.4) is 0 Å². The van der Waals surface area contributed by atoms with E-state index < -0.39 is 28.7 Å². The number of nitrogens with one attached hydrogen (secondary N) is 1. The van der Waals surface area contributed by atoms with Gasteiger partial charge in [0.25, 0.3) is 0 Å². The van der Waals surface area contributed by atoms with Gasteiger partial charge in [0.15, 0.2) is 0 Å². The number of halogens is 4. The van der Waals surface area contributed by atoms with E-state index in [9.17, 15) is 21.6 Å². The average molecular weight is 361 g/mol. The minimum absolute atomic E-state index is 0.0496. The number of alkyl halides is 3. The Morgan fingerprint density at radius 3 is 2.52 bits per heavy atom. The Morgan fingerprint density at radius 2 is 2.05 bits per heavy atom. The van der Waals surface area contributed by atoms with Crippen molar-refractivity contribution in [2.45, 2.75) is 30.5 Å². The van der Waals surface area contributed by atoms with Crippen LogP contribution in [0.2, 0.25) is 5.02 Å². The zero-order chi connectivity index (χ0) is 16.4. The van der Waals surface area contributed by atoms with E-state index in [1.807, 2.05) is 4.72 Å². The summed E-state index contributed by atoms with van der Waals surface area (Å²) in [6, 6.07) is 2.47. The van der Waals surface area contributed by atoms with Gasteiger partial charge in [-0.3, -0.25) is 0 Å². The fourth-order valence-electron chi connectivity index (χ4n) is 1.58.